The van der Waals surface area contributed by atoms with Crippen molar-refractivity contribution >= 4 is 5.78 Å². The molecule has 0 unspecified atom stereocenters. The molecule has 1 rings (SSSR count). The van der Waals surface area contributed by atoms with Gasteiger partial charge in [-0.2, -0.15) is 0 Å². The van der Waals surface area contributed by atoms with Gasteiger partial charge in [0.25, 0.3) is 0 Å². The summed E-state index contributed by atoms with van der Waals surface area (Å²) < 4.78 is 16.7. The molecule has 23 heavy (non-hydrogen) atoms. The van der Waals surface area contributed by atoms with Crippen LogP contribution in [0, 0.1) is 0 Å². The Balaban J connectivity index is 2.72. The van der Waals surface area contributed by atoms with Gasteiger partial charge in [0.15, 0.2) is 0 Å². The van der Waals surface area contributed by atoms with Crippen LogP contribution in [0.25, 0.3) is 0 Å². The number of unbranched alkanes of at least 4 members (excludes halogenated alkanes) is 1. The first kappa shape index (κ1) is 19.3. The molecule has 0 spiro atoms. The Morgan fingerprint density at radius 1 is 1.13 bits per heavy atom. The van der Waals surface area contributed by atoms with E-state index in [1.807, 2.05) is 12.1 Å². The highest BCUT2D eigenvalue weighted by Crippen LogP contribution is 2.34. The number of hydrogen-bond acceptors (Lipinski definition) is 5. The standard InChI is InChI=1S/C18H29NO4/c1-13(2)19-12-16-17(21-4)10-15(11-18(16)22-5)23-9-7-6-8-14(3)20/h10-11,13,19H,6-9,12H2,1-5H3. The van der Waals surface area contributed by atoms with Crippen molar-refractivity contribution in [1.29, 1.82) is 0 Å². The second-order valence-corrected chi connectivity index (χ2v) is 5.85. The van der Waals surface area contributed by atoms with Gasteiger partial charge in [0, 0.05) is 31.1 Å². The normalized spacial score (nSPS) is 10.7. The van der Waals surface area contributed by atoms with Gasteiger partial charge in [-0.3, -0.25) is 0 Å². The predicted octanol–water partition coefficient (Wildman–Crippen LogP) is 3.34. The van der Waals surface area contributed by atoms with Crippen LogP contribution < -0.4 is 19.5 Å². The third kappa shape index (κ3) is 6.91. The fraction of sp³-hybridized carbons (Fsp3) is 0.611. The van der Waals surface area contributed by atoms with Gasteiger partial charge in [0.1, 0.15) is 23.0 Å². The summed E-state index contributed by atoms with van der Waals surface area (Å²) in [6.45, 7) is 7.04. The molecule has 1 aromatic carbocycles. The van der Waals surface area contributed by atoms with Crippen molar-refractivity contribution in [3.05, 3.63) is 17.7 Å². The van der Waals surface area contributed by atoms with Crippen LogP contribution in [0.2, 0.25) is 0 Å². The maximum absolute atomic E-state index is 10.9. The van der Waals surface area contributed by atoms with E-state index in [4.69, 9.17) is 14.2 Å². The number of benzene rings is 1. The van der Waals surface area contributed by atoms with Crippen molar-refractivity contribution in [2.45, 2.75) is 52.6 Å². The Kier molecular flexibility index (Phi) is 8.48. The van der Waals surface area contributed by atoms with Gasteiger partial charge in [0.2, 0.25) is 0 Å². The lowest BCUT2D eigenvalue weighted by Gasteiger charge is -2.17. The molecule has 0 heterocycles. The van der Waals surface area contributed by atoms with Crippen LogP contribution in [0.3, 0.4) is 0 Å². The number of ketones is 1. The molecule has 0 bridgehead atoms. The number of carbonyl (C=O) groups excluding carboxylic acids is 1. The van der Waals surface area contributed by atoms with Crippen LogP contribution in [-0.2, 0) is 11.3 Å². The van der Waals surface area contributed by atoms with Gasteiger partial charge in [-0.1, -0.05) is 13.8 Å². The first-order chi connectivity index (χ1) is 11.0. The van der Waals surface area contributed by atoms with Crippen LogP contribution >= 0.6 is 0 Å². The van der Waals surface area contributed by atoms with E-state index in [1.165, 1.54) is 0 Å². The fourth-order valence-corrected chi connectivity index (χ4v) is 2.19. The van der Waals surface area contributed by atoms with E-state index in [9.17, 15) is 4.79 Å². The van der Waals surface area contributed by atoms with E-state index in [2.05, 4.69) is 19.2 Å². The lowest BCUT2D eigenvalue weighted by molar-refractivity contribution is -0.117. The fourth-order valence-electron chi connectivity index (χ4n) is 2.19. The molecule has 1 N–H and O–H groups in total. The Morgan fingerprint density at radius 3 is 2.22 bits per heavy atom. The number of carbonyl (C=O) groups is 1. The van der Waals surface area contributed by atoms with E-state index < -0.39 is 0 Å². The molecule has 0 aliphatic heterocycles. The SMILES string of the molecule is COc1cc(OCCCCC(C)=O)cc(OC)c1CNC(C)C. The van der Waals surface area contributed by atoms with Crippen LogP contribution in [0.4, 0.5) is 0 Å². The molecule has 0 aliphatic carbocycles. The first-order valence-electron chi connectivity index (χ1n) is 8.08. The van der Waals surface area contributed by atoms with E-state index in [0.717, 1.165) is 35.7 Å². The van der Waals surface area contributed by atoms with Gasteiger partial charge < -0.3 is 24.3 Å². The summed E-state index contributed by atoms with van der Waals surface area (Å²) in [5.41, 5.74) is 0.979. The average Bonchev–Trinajstić information content (AvgIpc) is 2.51. The maximum Gasteiger partial charge on any atom is 0.130 e. The quantitative estimate of drug-likeness (QED) is 0.633. The van der Waals surface area contributed by atoms with E-state index in [0.29, 0.717) is 25.6 Å². The van der Waals surface area contributed by atoms with Gasteiger partial charge in [0.05, 0.1) is 26.4 Å². The molecule has 0 fully saturated rings. The summed E-state index contributed by atoms with van der Waals surface area (Å²) in [4.78, 5) is 10.9. The minimum absolute atomic E-state index is 0.218. The summed E-state index contributed by atoms with van der Waals surface area (Å²) >= 11 is 0. The highest BCUT2D eigenvalue weighted by molar-refractivity contribution is 5.75. The maximum atomic E-state index is 10.9. The lowest BCUT2D eigenvalue weighted by atomic mass is 10.1. The van der Waals surface area contributed by atoms with Crippen molar-refractivity contribution in [3.63, 3.8) is 0 Å². The zero-order chi connectivity index (χ0) is 17.2. The van der Waals surface area contributed by atoms with E-state index in [1.54, 1.807) is 21.1 Å². The summed E-state index contributed by atoms with van der Waals surface area (Å²) in [7, 11) is 3.29. The van der Waals surface area contributed by atoms with Crippen molar-refractivity contribution < 1.29 is 19.0 Å². The number of rotatable bonds is 11. The predicted molar refractivity (Wildman–Crippen MR) is 91.5 cm³/mol. The molecule has 0 atom stereocenters. The largest absolute Gasteiger partial charge is 0.496 e. The van der Waals surface area contributed by atoms with Crippen molar-refractivity contribution in [2.24, 2.45) is 0 Å². The number of ether oxygens (including phenoxy) is 3. The number of Topliss-reactive ketones (excluding diaryl/α,β-unsaturated/α-hetero) is 1. The zero-order valence-electron chi connectivity index (χ0n) is 14.9. The van der Waals surface area contributed by atoms with Gasteiger partial charge in [-0.25, -0.2) is 0 Å². The van der Waals surface area contributed by atoms with Crippen molar-refractivity contribution in [3.8, 4) is 17.2 Å². The highest BCUT2D eigenvalue weighted by Gasteiger charge is 2.13. The second kappa shape index (κ2) is 10.1. The molecular weight excluding hydrogens is 294 g/mol. The molecule has 0 saturated carbocycles. The summed E-state index contributed by atoms with van der Waals surface area (Å²) in [6.07, 6.45) is 2.30. The zero-order valence-corrected chi connectivity index (χ0v) is 14.9. The van der Waals surface area contributed by atoms with Gasteiger partial charge in [-0.15, -0.1) is 0 Å². The van der Waals surface area contributed by atoms with Gasteiger partial charge >= 0.3 is 0 Å². The van der Waals surface area contributed by atoms with E-state index >= 15 is 0 Å². The Hall–Kier alpha value is -1.75. The number of hydrogen-bond donors (Lipinski definition) is 1. The molecule has 1 aromatic rings. The number of methoxy groups -OCH3 is 2. The minimum Gasteiger partial charge on any atom is -0.496 e. The molecule has 0 aliphatic rings. The summed E-state index contributed by atoms with van der Waals surface area (Å²) in [5.74, 6) is 2.43. The topological polar surface area (TPSA) is 56.8 Å². The summed E-state index contributed by atoms with van der Waals surface area (Å²) in [6, 6.07) is 4.14. The lowest BCUT2D eigenvalue weighted by Crippen LogP contribution is -2.22. The van der Waals surface area contributed by atoms with Crippen LogP contribution in [0.1, 0.15) is 45.6 Å². The van der Waals surface area contributed by atoms with Crippen LogP contribution in [-0.4, -0.2) is 32.7 Å². The first-order valence-corrected chi connectivity index (χ1v) is 8.08. The molecule has 0 amide bonds. The third-order valence-electron chi connectivity index (χ3n) is 3.46. The third-order valence-corrected chi connectivity index (χ3v) is 3.46. The highest BCUT2D eigenvalue weighted by atomic mass is 16.5. The Bertz CT molecular complexity index is 475. The summed E-state index contributed by atoms with van der Waals surface area (Å²) in [5, 5.41) is 3.37. The van der Waals surface area contributed by atoms with Crippen molar-refractivity contribution in [1.82, 2.24) is 5.32 Å². The molecule has 5 nitrogen and oxygen atoms in total. The molecule has 5 heteroatoms. The average molecular weight is 323 g/mol. The Labute approximate surface area is 139 Å². The molecular formula is C18H29NO4. The smallest absolute Gasteiger partial charge is 0.130 e. The molecule has 0 aromatic heterocycles. The van der Waals surface area contributed by atoms with Crippen LogP contribution in [0.15, 0.2) is 12.1 Å². The minimum atomic E-state index is 0.218. The molecule has 0 saturated heterocycles. The van der Waals surface area contributed by atoms with Crippen molar-refractivity contribution in [2.75, 3.05) is 20.8 Å². The number of nitrogens with one attached hydrogen (secondary N) is 1. The second-order valence-electron chi connectivity index (χ2n) is 5.85. The van der Waals surface area contributed by atoms with Gasteiger partial charge in [-0.05, 0) is 19.8 Å². The van der Waals surface area contributed by atoms with E-state index in [-0.39, 0.29) is 5.78 Å². The Morgan fingerprint density at radius 2 is 1.74 bits per heavy atom. The van der Waals surface area contributed by atoms with Crippen LogP contribution in [0.5, 0.6) is 17.2 Å². The molecule has 0 radical (unpaired) electrons. The monoisotopic (exact) mass is 323 g/mol. The molecule has 130 valence electrons.